The molecule has 4 heteroatoms. The van der Waals surface area contributed by atoms with Crippen LogP contribution in [0.1, 0.15) is 11.3 Å². The van der Waals surface area contributed by atoms with Gasteiger partial charge in [-0.25, -0.2) is 4.68 Å². The Bertz CT molecular complexity index is 319. The highest BCUT2D eigenvalue weighted by atomic mass is 32.1. The Morgan fingerprint density at radius 3 is 2.91 bits per heavy atom. The van der Waals surface area contributed by atoms with Crippen molar-refractivity contribution in [2.75, 3.05) is 0 Å². The number of rotatable bonds is 1. The molecule has 0 spiro atoms. The van der Waals surface area contributed by atoms with Crippen molar-refractivity contribution in [1.82, 2.24) is 9.78 Å². The normalized spacial score (nSPS) is 10.1. The molecule has 0 unspecified atom stereocenters. The van der Waals surface area contributed by atoms with Gasteiger partial charge in [-0.15, -0.1) is 0 Å². The molecule has 0 N–H and O–H groups in total. The summed E-state index contributed by atoms with van der Waals surface area (Å²) in [5, 5.41) is 3.95. The molecule has 11 heavy (non-hydrogen) atoms. The monoisotopic (exact) mass is 170 g/mol. The molecule has 0 saturated heterocycles. The number of nitrogens with zero attached hydrogens (tertiary/aromatic N) is 2. The second-order valence-corrected chi connectivity index (χ2v) is 2.71. The average Bonchev–Trinajstić information content (AvgIpc) is 1.96. The molecule has 0 radical (unpaired) electrons. The van der Waals surface area contributed by atoms with E-state index in [9.17, 15) is 4.79 Å². The van der Waals surface area contributed by atoms with Gasteiger partial charge in [0.15, 0.2) is 0 Å². The van der Waals surface area contributed by atoms with Crippen LogP contribution in [-0.2, 0) is 12.8 Å². The maximum absolute atomic E-state index is 11.2. The molecular weight excluding hydrogens is 160 g/mol. The van der Waals surface area contributed by atoms with Crippen LogP contribution in [0.15, 0.2) is 10.9 Å². The Morgan fingerprint density at radius 2 is 2.36 bits per heavy atom. The third-order valence-electron chi connectivity index (χ3n) is 1.43. The zero-order chi connectivity index (χ0) is 8.43. The van der Waals surface area contributed by atoms with Crippen LogP contribution < -0.4 is 5.56 Å². The fourth-order valence-electron chi connectivity index (χ4n) is 0.946. The molecule has 60 valence electrons. The van der Waals surface area contributed by atoms with Crippen LogP contribution in [0.4, 0.5) is 0 Å². The second-order valence-electron chi connectivity index (χ2n) is 2.40. The van der Waals surface area contributed by atoms with Crippen molar-refractivity contribution in [3.63, 3.8) is 0 Å². The summed E-state index contributed by atoms with van der Waals surface area (Å²) in [5.41, 5.74) is 1.48. The van der Waals surface area contributed by atoms with E-state index >= 15 is 0 Å². The molecule has 0 saturated carbocycles. The minimum absolute atomic E-state index is 0.0643. The summed E-state index contributed by atoms with van der Waals surface area (Å²) >= 11 is 4.03. The molecular formula is C7H10N2OS. The molecule has 1 aromatic heterocycles. The van der Waals surface area contributed by atoms with Crippen molar-refractivity contribution in [1.29, 1.82) is 0 Å². The molecule has 0 aromatic carbocycles. The van der Waals surface area contributed by atoms with Gasteiger partial charge in [-0.1, -0.05) is 0 Å². The molecule has 3 nitrogen and oxygen atoms in total. The fraction of sp³-hybridized carbons (Fsp3) is 0.429. The van der Waals surface area contributed by atoms with E-state index in [0.29, 0.717) is 11.3 Å². The maximum atomic E-state index is 11.2. The van der Waals surface area contributed by atoms with Gasteiger partial charge in [0.05, 0.1) is 5.69 Å². The molecule has 1 aromatic rings. The third-order valence-corrected chi connectivity index (χ3v) is 1.77. The minimum atomic E-state index is -0.0643. The lowest BCUT2D eigenvalue weighted by atomic mass is 10.3. The van der Waals surface area contributed by atoms with Gasteiger partial charge in [0.2, 0.25) is 0 Å². The molecule has 1 rings (SSSR count). The number of hydrogen-bond acceptors (Lipinski definition) is 3. The Labute approximate surface area is 70.5 Å². The van der Waals surface area contributed by atoms with E-state index in [0.717, 1.165) is 5.69 Å². The van der Waals surface area contributed by atoms with Gasteiger partial charge in [0.25, 0.3) is 5.56 Å². The summed E-state index contributed by atoms with van der Waals surface area (Å²) in [4.78, 5) is 11.2. The van der Waals surface area contributed by atoms with E-state index in [1.165, 1.54) is 4.68 Å². The molecule has 0 aliphatic rings. The Kier molecular flexibility index (Phi) is 2.34. The van der Waals surface area contributed by atoms with Gasteiger partial charge in [-0.3, -0.25) is 4.79 Å². The molecule has 1 heterocycles. The van der Waals surface area contributed by atoms with E-state index in [2.05, 4.69) is 17.7 Å². The highest BCUT2D eigenvalue weighted by molar-refractivity contribution is 7.79. The van der Waals surface area contributed by atoms with Crippen LogP contribution in [-0.4, -0.2) is 9.78 Å². The van der Waals surface area contributed by atoms with Gasteiger partial charge >= 0.3 is 0 Å². The van der Waals surface area contributed by atoms with Crippen LogP contribution >= 0.6 is 12.6 Å². The van der Waals surface area contributed by atoms with E-state index in [1.807, 2.05) is 6.92 Å². The number of hydrogen-bond donors (Lipinski definition) is 1. The van der Waals surface area contributed by atoms with Crippen LogP contribution in [0.3, 0.4) is 0 Å². The van der Waals surface area contributed by atoms with E-state index in [-0.39, 0.29) is 5.56 Å². The first kappa shape index (κ1) is 8.33. The summed E-state index contributed by atoms with van der Waals surface area (Å²) in [6.45, 7) is 1.85. The van der Waals surface area contributed by atoms with Crippen LogP contribution in [0.25, 0.3) is 0 Å². The lowest BCUT2D eigenvalue weighted by molar-refractivity contribution is 0.685. The summed E-state index contributed by atoms with van der Waals surface area (Å²) in [6, 6.07) is 1.76. The smallest absolute Gasteiger partial charge is 0.267 e. The van der Waals surface area contributed by atoms with Gasteiger partial charge in [-0.05, 0) is 13.0 Å². The van der Waals surface area contributed by atoms with Crippen molar-refractivity contribution >= 4 is 12.6 Å². The standard InChI is InChI=1S/C7H10N2OS/c1-5-3-6(4-11)7(10)9(2)8-5/h3,11H,4H2,1-2H3. The van der Waals surface area contributed by atoms with Crippen molar-refractivity contribution < 1.29 is 0 Å². The summed E-state index contributed by atoms with van der Waals surface area (Å²) in [7, 11) is 1.64. The first-order chi connectivity index (χ1) is 5.15. The zero-order valence-electron chi connectivity index (χ0n) is 6.53. The maximum Gasteiger partial charge on any atom is 0.270 e. The Balaban J connectivity index is 3.37. The lowest BCUT2D eigenvalue weighted by Crippen LogP contribution is -2.23. The topological polar surface area (TPSA) is 34.9 Å². The van der Waals surface area contributed by atoms with E-state index < -0.39 is 0 Å². The van der Waals surface area contributed by atoms with E-state index in [1.54, 1.807) is 13.1 Å². The van der Waals surface area contributed by atoms with Crippen molar-refractivity contribution in [2.24, 2.45) is 7.05 Å². The SMILES string of the molecule is Cc1cc(CS)c(=O)n(C)n1. The predicted molar refractivity (Wildman–Crippen MR) is 46.9 cm³/mol. The molecule has 0 atom stereocenters. The van der Waals surface area contributed by atoms with Crippen LogP contribution in [0.5, 0.6) is 0 Å². The molecule has 0 amide bonds. The third kappa shape index (κ3) is 1.63. The van der Waals surface area contributed by atoms with Gasteiger partial charge in [0, 0.05) is 18.4 Å². The number of aryl methyl sites for hydroxylation is 2. The minimum Gasteiger partial charge on any atom is -0.267 e. The van der Waals surface area contributed by atoms with Crippen molar-refractivity contribution in [3.8, 4) is 0 Å². The summed E-state index contributed by atoms with van der Waals surface area (Å²) in [6.07, 6.45) is 0. The summed E-state index contributed by atoms with van der Waals surface area (Å²) in [5.74, 6) is 0.468. The fourth-order valence-corrected chi connectivity index (χ4v) is 1.17. The molecule has 0 fully saturated rings. The first-order valence-corrected chi connectivity index (χ1v) is 3.93. The highest BCUT2D eigenvalue weighted by Gasteiger charge is 2.00. The lowest BCUT2D eigenvalue weighted by Gasteiger charge is -2.00. The van der Waals surface area contributed by atoms with Gasteiger partial charge in [-0.2, -0.15) is 17.7 Å². The van der Waals surface area contributed by atoms with Crippen molar-refractivity contribution in [2.45, 2.75) is 12.7 Å². The average molecular weight is 170 g/mol. The number of aromatic nitrogens is 2. The largest absolute Gasteiger partial charge is 0.270 e. The predicted octanol–water partition coefficient (Wildman–Crippen LogP) is 0.519. The van der Waals surface area contributed by atoms with Crippen molar-refractivity contribution in [3.05, 3.63) is 27.7 Å². The molecule has 0 aliphatic carbocycles. The van der Waals surface area contributed by atoms with Crippen LogP contribution in [0, 0.1) is 6.92 Å². The first-order valence-electron chi connectivity index (χ1n) is 3.30. The Morgan fingerprint density at radius 1 is 1.73 bits per heavy atom. The zero-order valence-corrected chi connectivity index (χ0v) is 7.43. The quantitative estimate of drug-likeness (QED) is 0.623. The van der Waals surface area contributed by atoms with Crippen LogP contribution in [0.2, 0.25) is 0 Å². The Hall–Kier alpha value is -0.770. The van der Waals surface area contributed by atoms with Gasteiger partial charge < -0.3 is 0 Å². The molecule has 0 bridgehead atoms. The van der Waals surface area contributed by atoms with E-state index in [4.69, 9.17) is 0 Å². The summed E-state index contributed by atoms with van der Waals surface area (Å²) < 4.78 is 1.33. The highest BCUT2D eigenvalue weighted by Crippen LogP contribution is 1.97. The number of thiol groups is 1. The van der Waals surface area contributed by atoms with Gasteiger partial charge in [0.1, 0.15) is 0 Å². The second kappa shape index (κ2) is 3.09. The molecule has 0 aliphatic heterocycles.